The summed E-state index contributed by atoms with van der Waals surface area (Å²) in [6.45, 7) is 8.36. The van der Waals surface area contributed by atoms with Crippen LogP contribution >= 0.6 is 0 Å². The molecule has 0 aliphatic rings. The van der Waals surface area contributed by atoms with Gasteiger partial charge in [-0.2, -0.15) is 0 Å². The number of oxazole rings is 1. The van der Waals surface area contributed by atoms with Crippen LogP contribution in [0.25, 0.3) is 0 Å². The maximum Gasteiger partial charge on any atom is 0.211 e. The molecule has 0 aliphatic carbocycles. The quantitative estimate of drug-likeness (QED) is 0.865. The maximum atomic E-state index is 5.55. The molecule has 0 radical (unpaired) electrons. The summed E-state index contributed by atoms with van der Waals surface area (Å²) in [4.78, 5) is 4.27. The van der Waals surface area contributed by atoms with Gasteiger partial charge in [-0.3, -0.25) is 0 Å². The molecule has 1 aromatic heterocycles. The standard InChI is InChI=1S/C17H24N2O/c1-12-6-5-7-16(10-12)9-8-13(2)19-15(4)17-18-11-14(3)20-17/h5-7,10-11,13,15,19H,8-9H2,1-4H3. The Morgan fingerprint density at radius 2 is 2.05 bits per heavy atom. The molecule has 1 heterocycles. The lowest BCUT2D eigenvalue weighted by Crippen LogP contribution is -2.29. The Morgan fingerprint density at radius 1 is 1.25 bits per heavy atom. The summed E-state index contributed by atoms with van der Waals surface area (Å²) >= 11 is 0. The molecule has 0 saturated carbocycles. The van der Waals surface area contributed by atoms with Crippen molar-refractivity contribution >= 4 is 0 Å². The van der Waals surface area contributed by atoms with Gasteiger partial charge < -0.3 is 9.73 Å². The Morgan fingerprint density at radius 3 is 2.70 bits per heavy atom. The van der Waals surface area contributed by atoms with E-state index in [0.29, 0.717) is 6.04 Å². The van der Waals surface area contributed by atoms with Crippen molar-refractivity contribution in [3.8, 4) is 0 Å². The summed E-state index contributed by atoms with van der Waals surface area (Å²) in [7, 11) is 0. The van der Waals surface area contributed by atoms with E-state index >= 15 is 0 Å². The minimum absolute atomic E-state index is 0.149. The number of aryl methyl sites for hydroxylation is 3. The van der Waals surface area contributed by atoms with Crippen molar-refractivity contribution in [2.75, 3.05) is 0 Å². The predicted octanol–water partition coefficient (Wildman–Crippen LogP) is 3.96. The smallest absolute Gasteiger partial charge is 0.211 e. The lowest BCUT2D eigenvalue weighted by Gasteiger charge is -2.17. The zero-order valence-electron chi connectivity index (χ0n) is 12.8. The van der Waals surface area contributed by atoms with Crippen LogP contribution in [0.3, 0.4) is 0 Å². The molecule has 2 aromatic rings. The largest absolute Gasteiger partial charge is 0.444 e. The summed E-state index contributed by atoms with van der Waals surface area (Å²) in [6.07, 6.45) is 3.96. The molecule has 1 N–H and O–H groups in total. The van der Waals surface area contributed by atoms with Crippen molar-refractivity contribution in [1.82, 2.24) is 10.3 Å². The molecule has 0 saturated heterocycles. The molecule has 2 atom stereocenters. The molecule has 0 amide bonds. The third-order valence-corrected chi connectivity index (χ3v) is 3.49. The van der Waals surface area contributed by atoms with Crippen LogP contribution in [0.1, 0.15) is 49.1 Å². The van der Waals surface area contributed by atoms with E-state index in [0.717, 1.165) is 24.5 Å². The van der Waals surface area contributed by atoms with Gasteiger partial charge in [-0.25, -0.2) is 4.98 Å². The Bertz CT molecular complexity index is 547. The van der Waals surface area contributed by atoms with E-state index in [4.69, 9.17) is 4.42 Å². The van der Waals surface area contributed by atoms with E-state index in [1.807, 2.05) is 6.92 Å². The van der Waals surface area contributed by atoms with Crippen LogP contribution < -0.4 is 5.32 Å². The molecule has 0 aliphatic heterocycles. The van der Waals surface area contributed by atoms with Crippen molar-refractivity contribution in [2.45, 2.75) is 52.6 Å². The van der Waals surface area contributed by atoms with Crippen LogP contribution in [0.2, 0.25) is 0 Å². The number of benzene rings is 1. The highest BCUT2D eigenvalue weighted by atomic mass is 16.4. The van der Waals surface area contributed by atoms with E-state index in [2.05, 4.69) is 55.3 Å². The van der Waals surface area contributed by atoms with Crippen LogP contribution in [0, 0.1) is 13.8 Å². The van der Waals surface area contributed by atoms with E-state index in [1.165, 1.54) is 11.1 Å². The summed E-state index contributed by atoms with van der Waals surface area (Å²) in [5.74, 6) is 1.63. The summed E-state index contributed by atoms with van der Waals surface area (Å²) in [6, 6.07) is 9.29. The fourth-order valence-corrected chi connectivity index (χ4v) is 2.40. The van der Waals surface area contributed by atoms with E-state index in [-0.39, 0.29) is 6.04 Å². The van der Waals surface area contributed by atoms with Crippen molar-refractivity contribution in [3.63, 3.8) is 0 Å². The van der Waals surface area contributed by atoms with Crippen LogP contribution in [-0.2, 0) is 6.42 Å². The molecular weight excluding hydrogens is 248 g/mol. The third kappa shape index (κ3) is 4.20. The Kier molecular flexibility index (Phi) is 4.96. The first kappa shape index (κ1) is 14.8. The molecule has 1 aromatic carbocycles. The summed E-state index contributed by atoms with van der Waals surface area (Å²) < 4.78 is 5.55. The molecule has 2 rings (SSSR count). The predicted molar refractivity (Wildman–Crippen MR) is 81.8 cm³/mol. The minimum Gasteiger partial charge on any atom is -0.444 e. The topological polar surface area (TPSA) is 38.1 Å². The first-order valence-corrected chi connectivity index (χ1v) is 7.28. The Labute approximate surface area is 121 Å². The van der Waals surface area contributed by atoms with Gasteiger partial charge in [0.05, 0.1) is 12.2 Å². The van der Waals surface area contributed by atoms with Gasteiger partial charge in [-0.15, -0.1) is 0 Å². The molecule has 20 heavy (non-hydrogen) atoms. The number of nitrogens with zero attached hydrogens (tertiary/aromatic N) is 1. The average Bonchev–Trinajstić information content (AvgIpc) is 2.83. The zero-order chi connectivity index (χ0) is 14.5. The second kappa shape index (κ2) is 6.71. The molecule has 0 bridgehead atoms. The fraction of sp³-hybridized carbons (Fsp3) is 0.471. The van der Waals surface area contributed by atoms with Crippen molar-refractivity contribution in [3.05, 3.63) is 53.2 Å². The first-order valence-electron chi connectivity index (χ1n) is 7.28. The van der Waals surface area contributed by atoms with E-state index in [1.54, 1.807) is 6.20 Å². The molecule has 0 fully saturated rings. The molecule has 0 spiro atoms. The van der Waals surface area contributed by atoms with Crippen LogP contribution in [0.5, 0.6) is 0 Å². The van der Waals surface area contributed by atoms with Gasteiger partial charge in [0.1, 0.15) is 5.76 Å². The fourth-order valence-electron chi connectivity index (χ4n) is 2.40. The Balaban J connectivity index is 1.82. The van der Waals surface area contributed by atoms with E-state index in [9.17, 15) is 0 Å². The summed E-state index contributed by atoms with van der Waals surface area (Å²) in [5.41, 5.74) is 2.73. The second-order valence-corrected chi connectivity index (χ2v) is 5.63. The van der Waals surface area contributed by atoms with Crippen LogP contribution in [0.4, 0.5) is 0 Å². The van der Waals surface area contributed by atoms with E-state index < -0.39 is 0 Å². The monoisotopic (exact) mass is 272 g/mol. The van der Waals surface area contributed by atoms with Crippen LogP contribution in [0.15, 0.2) is 34.9 Å². The van der Waals surface area contributed by atoms with Gasteiger partial charge in [-0.05, 0) is 46.1 Å². The van der Waals surface area contributed by atoms with Gasteiger partial charge in [0.2, 0.25) is 5.89 Å². The normalized spacial score (nSPS) is 14.2. The van der Waals surface area contributed by atoms with Gasteiger partial charge in [0, 0.05) is 6.04 Å². The highest BCUT2D eigenvalue weighted by Gasteiger charge is 2.13. The van der Waals surface area contributed by atoms with Gasteiger partial charge in [-0.1, -0.05) is 29.8 Å². The number of rotatable bonds is 6. The highest BCUT2D eigenvalue weighted by molar-refractivity contribution is 5.22. The number of hydrogen-bond donors (Lipinski definition) is 1. The first-order chi connectivity index (χ1) is 9.54. The Hall–Kier alpha value is -1.61. The number of aromatic nitrogens is 1. The molecule has 3 nitrogen and oxygen atoms in total. The van der Waals surface area contributed by atoms with Gasteiger partial charge in [0.15, 0.2) is 0 Å². The summed E-state index contributed by atoms with van der Waals surface area (Å²) in [5, 5.41) is 3.54. The van der Waals surface area contributed by atoms with Crippen molar-refractivity contribution in [2.24, 2.45) is 0 Å². The zero-order valence-corrected chi connectivity index (χ0v) is 12.8. The lowest BCUT2D eigenvalue weighted by molar-refractivity contribution is 0.369. The SMILES string of the molecule is Cc1cccc(CCC(C)NC(C)c2ncc(C)o2)c1. The molecular formula is C17H24N2O. The number of hydrogen-bond acceptors (Lipinski definition) is 3. The van der Waals surface area contributed by atoms with Crippen molar-refractivity contribution < 1.29 is 4.42 Å². The van der Waals surface area contributed by atoms with Crippen molar-refractivity contribution in [1.29, 1.82) is 0 Å². The third-order valence-electron chi connectivity index (χ3n) is 3.49. The molecule has 2 unspecified atom stereocenters. The molecule has 108 valence electrons. The van der Waals surface area contributed by atoms with Gasteiger partial charge in [0.25, 0.3) is 0 Å². The maximum absolute atomic E-state index is 5.55. The van der Waals surface area contributed by atoms with Crippen LogP contribution in [-0.4, -0.2) is 11.0 Å². The average molecular weight is 272 g/mol. The highest BCUT2D eigenvalue weighted by Crippen LogP contribution is 2.14. The minimum atomic E-state index is 0.149. The second-order valence-electron chi connectivity index (χ2n) is 5.63. The molecule has 3 heteroatoms. The lowest BCUT2D eigenvalue weighted by atomic mass is 10.0. The van der Waals surface area contributed by atoms with Gasteiger partial charge >= 0.3 is 0 Å². The number of nitrogens with one attached hydrogen (secondary N) is 1.